The molecular formula is B2NaO6V-5. The van der Waals surface area contributed by atoms with Crippen molar-refractivity contribution in [3.8, 4) is 0 Å². The molecule has 6 nitrogen and oxygen atoms in total. The van der Waals surface area contributed by atoms with Crippen LogP contribution in [0.2, 0.25) is 0 Å². The standard InChI is InChI=1S/2BO3.Na.V/c2*2-1(3)4;;/q2*-3;+1;. The maximum absolute atomic E-state index is 8.42. The van der Waals surface area contributed by atoms with Gasteiger partial charge in [0.1, 0.15) is 0 Å². The second-order valence-corrected chi connectivity index (χ2v) is 0.577. The average Bonchev–Trinajstić information content (AvgIpc) is 1.25. The summed E-state index contributed by atoms with van der Waals surface area (Å²) in [4.78, 5) is 0. The quantitative estimate of drug-likeness (QED) is 0.348. The summed E-state index contributed by atoms with van der Waals surface area (Å²) in [7, 11) is -5.83. The Hall–Kier alpha value is 1.47. The predicted molar refractivity (Wildman–Crippen MR) is 11.5 cm³/mol. The van der Waals surface area contributed by atoms with E-state index < -0.39 is 14.6 Å². The van der Waals surface area contributed by atoms with Crippen LogP contribution in [0.15, 0.2) is 0 Å². The predicted octanol–water partition coefficient (Wildman–Crippen LogP) is -10.9. The van der Waals surface area contributed by atoms with Crippen LogP contribution in [0, 0.1) is 0 Å². The van der Waals surface area contributed by atoms with Gasteiger partial charge in [0.15, 0.2) is 0 Å². The van der Waals surface area contributed by atoms with Crippen molar-refractivity contribution >= 4 is 14.6 Å². The average molecular weight is 192 g/mol. The van der Waals surface area contributed by atoms with Gasteiger partial charge in [0.2, 0.25) is 0 Å². The van der Waals surface area contributed by atoms with Crippen molar-refractivity contribution in [2.24, 2.45) is 0 Å². The fraction of sp³-hybridized carbons (Fsp3) is 0. The van der Waals surface area contributed by atoms with Gasteiger partial charge in [-0.2, -0.15) is 0 Å². The zero-order valence-corrected chi connectivity index (χ0v) is 8.45. The van der Waals surface area contributed by atoms with Gasteiger partial charge in [-0.1, -0.05) is 0 Å². The molecule has 1 radical (unpaired) electrons. The first kappa shape index (κ1) is 22.5. The van der Waals surface area contributed by atoms with E-state index in [1.54, 1.807) is 0 Å². The molecule has 0 amide bonds. The van der Waals surface area contributed by atoms with Crippen LogP contribution in [0.5, 0.6) is 0 Å². The van der Waals surface area contributed by atoms with Gasteiger partial charge in [-0.25, -0.2) is 0 Å². The first-order valence-corrected chi connectivity index (χ1v) is 1.41. The summed E-state index contributed by atoms with van der Waals surface area (Å²) in [6, 6.07) is 0. The Labute approximate surface area is 92.4 Å². The van der Waals surface area contributed by atoms with Crippen LogP contribution < -0.4 is 59.7 Å². The van der Waals surface area contributed by atoms with Crippen molar-refractivity contribution in [1.82, 2.24) is 0 Å². The maximum atomic E-state index is 8.42. The van der Waals surface area contributed by atoms with Crippen molar-refractivity contribution in [3.05, 3.63) is 0 Å². The van der Waals surface area contributed by atoms with E-state index in [0.29, 0.717) is 0 Å². The van der Waals surface area contributed by atoms with Gasteiger partial charge in [-0.05, 0) is 0 Å². The minimum absolute atomic E-state index is 0. The Balaban J connectivity index is -0.0000000300. The molecule has 10 heteroatoms. The fourth-order valence-corrected chi connectivity index (χ4v) is 0. The van der Waals surface area contributed by atoms with E-state index in [4.69, 9.17) is 30.1 Å². The summed E-state index contributed by atoms with van der Waals surface area (Å²) in [5.74, 6) is 0. The van der Waals surface area contributed by atoms with E-state index in [0.717, 1.165) is 0 Å². The molecule has 0 aromatic rings. The molecule has 0 spiro atoms. The summed E-state index contributed by atoms with van der Waals surface area (Å²) in [5, 5.41) is 50.5. The minimum Gasteiger partial charge on any atom is -0.907 e. The third-order valence-electron chi connectivity index (χ3n) is 0. The fourth-order valence-electron chi connectivity index (χ4n) is 0. The van der Waals surface area contributed by atoms with Crippen LogP contribution >= 0.6 is 0 Å². The molecule has 0 bridgehead atoms. The molecule has 10 heavy (non-hydrogen) atoms. The van der Waals surface area contributed by atoms with Gasteiger partial charge < -0.3 is 30.1 Å². The normalized spacial score (nSPS) is 5.40. The van der Waals surface area contributed by atoms with E-state index in [-0.39, 0.29) is 48.1 Å². The molecular weight excluding hydrogens is 192 g/mol. The number of rotatable bonds is 0. The second kappa shape index (κ2) is 16.8. The van der Waals surface area contributed by atoms with E-state index in [2.05, 4.69) is 0 Å². The maximum Gasteiger partial charge on any atom is 1.00 e. The van der Waals surface area contributed by atoms with Crippen molar-refractivity contribution in [2.45, 2.75) is 0 Å². The molecule has 0 saturated carbocycles. The van der Waals surface area contributed by atoms with Crippen LogP contribution in [-0.4, -0.2) is 14.6 Å². The molecule has 0 aromatic heterocycles. The minimum atomic E-state index is -2.92. The van der Waals surface area contributed by atoms with Crippen LogP contribution in [0.1, 0.15) is 0 Å². The molecule has 0 aromatic carbocycles. The Kier molecular flexibility index (Phi) is 37.9. The van der Waals surface area contributed by atoms with Gasteiger partial charge >= 0.3 is 29.6 Å². The Bertz CT molecular complexity index is 31.2. The molecule has 0 N–H and O–H groups in total. The summed E-state index contributed by atoms with van der Waals surface area (Å²) in [6.45, 7) is 0. The largest absolute Gasteiger partial charge is 1.00 e. The van der Waals surface area contributed by atoms with Crippen LogP contribution in [-0.2, 0) is 18.6 Å². The Morgan fingerprint density at radius 3 is 0.600 bits per heavy atom. The number of hydrogen-bond acceptors (Lipinski definition) is 6. The zero-order chi connectivity index (χ0) is 7.15. The molecule has 53 valence electrons. The first-order valence-electron chi connectivity index (χ1n) is 1.41. The van der Waals surface area contributed by atoms with E-state index >= 15 is 0 Å². The summed E-state index contributed by atoms with van der Waals surface area (Å²) in [6.07, 6.45) is 0. The first-order chi connectivity index (χ1) is 3.46. The topological polar surface area (TPSA) is 138 Å². The van der Waals surface area contributed by atoms with E-state index in [1.165, 1.54) is 0 Å². The van der Waals surface area contributed by atoms with E-state index in [1.807, 2.05) is 0 Å². The number of hydrogen-bond donors (Lipinski definition) is 0. The molecule has 0 aliphatic heterocycles. The van der Waals surface area contributed by atoms with E-state index in [9.17, 15) is 0 Å². The molecule has 0 heterocycles. The molecule has 0 saturated heterocycles. The van der Waals surface area contributed by atoms with Gasteiger partial charge in [-0.15, -0.1) is 0 Å². The van der Waals surface area contributed by atoms with Crippen LogP contribution in [0.3, 0.4) is 0 Å². The van der Waals surface area contributed by atoms with Crippen LogP contribution in [0.25, 0.3) is 0 Å². The van der Waals surface area contributed by atoms with Gasteiger partial charge in [0, 0.05) is 18.6 Å². The molecule has 0 unspecified atom stereocenters. The van der Waals surface area contributed by atoms with Gasteiger partial charge in [-0.3, -0.25) is 14.6 Å². The zero-order valence-electron chi connectivity index (χ0n) is 5.05. The third kappa shape index (κ3) is 313. The van der Waals surface area contributed by atoms with Gasteiger partial charge in [0.25, 0.3) is 0 Å². The third-order valence-corrected chi connectivity index (χ3v) is 0. The summed E-state index contributed by atoms with van der Waals surface area (Å²) >= 11 is 0. The smallest absolute Gasteiger partial charge is 0.907 e. The van der Waals surface area contributed by atoms with Crippen molar-refractivity contribution < 1.29 is 78.3 Å². The molecule has 0 aliphatic carbocycles. The molecule has 0 rings (SSSR count). The summed E-state index contributed by atoms with van der Waals surface area (Å²) in [5.41, 5.74) is 0. The Morgan fingerprint density at radius 2 is 0.600 bits per heavy atom. The van der Waals surface area contributed by atoms with Gasteiger partial charge in [0.05, 0.1) is 0 Å². The molecule has 0 atom stereocenters. The Morgan fingerprint density at radius 1 is 0.600 bits per heavy atom. The van der Waals surface area contributed by atoms with Crippen molar-refractivity contribution in [1.29, 1.82) is 0 Å². The van der Waals surface area contributed by atoms with Crippen molar-refractivity contribution in [2.75, 3.05) is 0 Å². The molecule has 0 aliphatic rings. The summed E-state index contributed by atoms with van der Waals surface area (Å²) < 4.78 is 0. The van der Waals surface area contributed by atoms with Crippen molar-refractivity contribution in [3.63, 3.8) is 0 Å². The second-order valence-electron chi connectivity index (χ2n) is 0.577. The van der Waals surface area contributed by atoms with Crippen LogP contribution in [0.4, 0.5) is 0 Å². The monoisotopic (exact) mass is 192 g/mol. The SMILES string of the molecule is [Na+].[O-]B([O-])[O-].[O-]B([O-])[O-].[V]. The molecule has 0 fully saturated rings.